The molecule has 0 saturated carbocycles. The second-order valence-corrected chi connectivity index (χ2v) is 11.0. The van der Waals surface area contributed by atoms with E-state index in [0.717, 1.165) is 22.5 Å². The number of thiazole rings is 1. The zero-order valence-electron chi connectivity index (χ0n) is 17.4. The number of sulfonamides is 1. The van der Waals surface area contributed by atoms with Crippen LogP contribution in [0.2, 0.25) is 0 Å². The number of hydrogen-bond acceptors (Lipinski definition) is 5. The molecular formula is C21H25N3O3S3. The van der Waals surface area contributed by atoms with E-state index in [-0.39, 0.29) is 16.8 Å². The molecule has 3 rings (SSSR count). The molecule has 0 aliphatic heterocycles. The SMILES string of the molecule is CSCCn1c(=NC(=O)c2ccc(S(=O)(=O)N(C)C(C)C)cc2)sc2ccccc21. The Hall–Kier alpha value is -1.94. The van der Waals surface area contributed by atoms with Crippen LogP contribution >= 0.6 is 23.1 Å². The first-order valence-corrected chi connectivity index (χ1v) is 13.1. The fourth-order valence-corrected chi connectivity index (χ4v) is 5.66. The molecule has 0 spiro atoms. The van der Waals surface area contributed by atoms with E-state index in [9.17, 15) is 13.2 Å². The molecule has 1 amide bonds. The maximum Gasteiger partial charge on any atom is 0.279 e. The number of aromatic nitrogens is 1. The molecule has 6 nitrogen and oxygen atoms in total. The molecule has 0 radical (unpaired) electrons. The van der Waals surface area contributed by atoms with Gasteiger partial charge in [0, 0.05) is 31.0 Å². The van der Waals surface area contributed by atoms with Crippen molar-refractivity contribution in [3.8, 4) is 0 Å². The van der Waals surface area contributed by atoms with E-state index < -0.39 is 10.0 Å². The van der Waals surface area contributed by atoms with Gasteiger partial charge in [0.05, 0.1) is 15.1 Å². The molecule has 0 aliphatic carbocycles. The van der Waals surface area contributed by atoms with Crippen LogP contribution in [0.25, 0.3) is 10.2 Å². The average molecular weight is 464 g/mol. The van der Waals surface area contributed by atoms with Crippen LogP contribution < -0.4 is 4.80 Å². The predicted molar refractivity (Wildman–Crippen MR) is 125 cm³/mol. The summed E-state index contributed by atoms with van der Waals surface area (Å²) in [6.07, 6.45) is 2.05. The van der Waals surface area contributed by atoms with E-state index >= 15 is 0 Å². The Morgan fingerprint density at radius 3 is 2.47 bits per heavy atom. The summed E-state index contributed by atoms with van der Waals surface area (Å²) in [5, 5.41) is 0. The van der Waals surface area contributed by atoms with Gasteiger partial charge in [0.1, 0.15) is 0 Å². The first kappa shape index (κ1) is 22.7. The summed E-state index contributed by atoms with van der Waals surface area (Å²) >= 11 is 3.21. The quantitative estimate of drug-likeness (QED) is 0.534. The van der Waals surface area contributed by atoms with E-state index in [1.54, 1.807) is 18.8 Å². The number of nitrogens with zero attached hydrogens (tertiary/aromatic N) is 3. The molecule has 1 heterocycles. The highest BCUT2D eigenvalue weighted by molar-refractivity contribution is 7.98. The second-order valence-electron chi connectivity index (χ2n) is 7.05. The number of carbonyl (C=O) groups is 1. The van der Waals surface area contributed by atoms with E-state index in [0.29, 0.717) is 10.4 Å². The van der Waals surface area contributed by atoms with Crippen molar-refractivity contribution in [2.75, 3.05) is 19.1 Å². The Morgan fingerprint density at radius 1 is 1.17 bits per heavy atom. The number of hydrogen-bond donors (Lipinski definition) is 0. The molecule has 30 heavy (non-hydrogen) atoms. The molecule has 0 fully saturated rings. The van der Waals surface area contributed by atoms with Crippen LogP contribution in [0, 0.1) is 0 Å². The fraction of sp³-hybridized carbons (Fsp3) is 0.333. The Morgan fingerprint density at radius 2 is 1.83 bits per heavy atom. The third kappa shape index (κ3) is 4.69. The Bertz CT molecular complexity index is 1210. The maximum absolute atomic E-state index is 12.8. The lowest BCUT2D eigenvalue weighted by Crippen LogP contribution is -2.33. The van der Waals surface area contributed by atoms with Gasteiger partial charge >= 0.3 is 0 Å². The highest BCUT2D eigenvalue weighted by atomic mass is 32.2. The van der Waals surface area contributed by atoms with Crippen LogP contribution in [-0.4, -0.2) is 48.3 Å². The number of amides is 1. The van der Waals surface area contributed by atoms with Crippen molar-refractivity contribution in [1.29, 1.82) is 0 Å². The fourth-order valence-electron chi connectivity index (χ4n) is 2.87. The first-order chi connectivity index (χ1) is 14.3. The zero-order chi connectivity index (χ0) is 21.9. The number of carbonyl (C=O) groups excluding carboxylic acids is 1. The van der Waals surface area contributed by atoms with Gasteiger partial charge in [0.15, 0.2) is 4.80 Å². The summed E-state index contributed by atoms with van der Waals surface area (Å²) in [6, 6.07) is 13.8. The third-order valence-corrected chi connectivity index (χ3v) is 8.51. The maximum atomic E-state index is 12.8. The van der Waals surface area contributed by atoms with Gasteiger partial charge in [-0.3, -0.25) is 4.79 Å². The summed E-state index contributed by atoms with van der Waals surface area (Å²) in [6.45, 7) is 4.38. The Kier molecular flexibility index (Phi) is 7.18. The van der Waals surface area contributed by atoms with Gasteiger partial charge in [0.2, 0.25) is 10.0 Å². The number of thioether (sulfide) groups is 1. The number of para-hydroxylation sites is 1. The van der Waals surface area contributed by atoms with Crippen LogP contribution in [0.4, 0.5) is 0 Å². The molecule has 9 heteroatoms. The third-order valence-electron chi connectivity index (χ3n) is 4.81. The normalized spacial score (nSPS) is 12.9. The summed E-state index contributed by atoms with van der Waals surface area (Å²) in [7, 11) is -2.04. The van der Waals surface area contributed by atoms with Crippen molar-refractivity contribution >= 4 is 49.2 Å². The van der Waals surface area contributed by atoms with Gasteiger partial charge in [-0.05, 0) is 56.5 Å². The zero-order valence-corrected chi connectivity index (χ0v) is 19.9. The summed E-state index contributed by atoms with van der Waals surface area (Å²) in [4.78, 5) is 17.9. The van der Waals surface area contributed by atoms with Gasteiger partial charge < -0.3 is 4.57 Å². The summed E-state index contributed by atoms with van der Waals surface area (Å²) < 4.78 is 29.6. The minimum absolute atomic E-state index is 0.156. The smallest absolute Gasteiger partial charge is 0.279 e. The largest absolute Gasteiger partial charge is 0.316 e. The van der Waals surface area contributed by atoms with Crippen LogP contribution in [-0.2, 0) is 16.6 Å². The molecule has 0 saturated heterocycles. The van der Waals surface area contributed by atoms with Crippen LogP contribution in [0.1, 0.15) is 24.2 Å². The summed E-state index contributed by atoms with van der Waals surface area (Å²) in [5.74, 6) is 0.526. The lowest BCUT2D eigenvalue weighted by molar-refractivity contribution is 0.0997. The van der Waals surface area contributed by atoms with Crippen molar-refractivity contribution in [3.05, 3.63) is 58.9 Å². The van der Waals surface area contributed by atoms with E-state index in [1.807, 2.05) is 44.4 Å². The van der Waals surface area contributed by atoms with Crippen molar-refractivity contribution < 1.29 is 13.2 Å². The lowest BCUT2D eigenvalue weighted by Gasteiger charge is -2.20. The monoisotopic (exact) mass is 463 g/mol. The topological polar surface area (TPSA) is 71.7 Å². The average Bonchev–Trinajstić information content (AvgIpc) is 3.08. The highest BCUT2D eigenvalue weighted by Crippen LogP contribution is 2.19. The highest BCUT2D eigenvalue weighted by Gasteiger charge is 2.23. The van der Waals surface area contributed by atoms with Crippen LogP contribution in [0.15, 0.2) is 58.4 Å². The molecule has 0 N–H and O–H groups in total. The van der Waals surface area contributed by atoms with Crippen LogP contribution in [0.5, 0.6) is 0 Å². The summed E-state index contributed by atoms with van der Waals surface area (Å²) in [5.41, 5.74) is 1.41. The van der Waals surface area contributed by atoms with Gasteiger partial charge in [-0.25, -0.2) is 8.42 Å². The minimum Gasteiger partial charge on any atom is -0.316 e. The standard InChI is InChI=1S/C21H25N3O3S3/c1-15(2)23(3)30(26,27)17-11-9-16(10-12-17)20(25)22-21-24(13-14-28-4)18-7-5-6-8-19(18)29-21/h5-12,15H,13-14H2,1-4H3. The van der Waals surface area contributed by atoms with Gasteiger partial charge in [-0.1, -0.05) is 23.5 Å². The molecule has 3 aromatic rings. The first-order valence-electron chi connectivity index (χ1n) is 9.50. The number of fused-ring (bicyclic) bond motifs is 1. The van der Waals surface area contributed by atoms with E-state index in [2.05, 4.69) is 9.56 Å². The molecular weight excluding hydrogens is 438 g/mol. The van der Waals surface area contributed by atoms with E-state index in [1.165, 1.54) is 39.9 Å². The molecule has 0 unspecified atom stereocenters. The van der Waals surface area contributed by atoms with Gasteiger partial charge in [-0.2, -0.15) is 21.1 Å². The molecule has 0 aliphatic rings. The molecule has 160 valence electrons. The number of aryl methyl sites for hydroxylation is 1. The van der Waals surface area contributed by atoms with E-state index in [4.69, 9.17) is 0 Å². The Labute approximate surface area is 185 Å². The van der Waals surface area contributed by atoms with Gasteiger partial charge in [0.25, 0.3) is 5.91 Å². The number of rotatable bonds is 7. The second kappa shape index (κ2) is 9.47. The minimum atomic E-state index is -3.59. The molecule has 0 bridgehead atoms. The molecule has 2 aromatic carbocycles. The lowest BCUT2D eigenvalue weighted by atomic mass is 10.2. The predicted octanol–water partition coefficient (Wildman–Crippen LogP) is 3.84. The van der Waals surface area contributed by atoms with Crippen LogP contribution in [0.3, 0.4) is 0 Å². The van der Waals surface area contributed by atoms with Crippen molar-refractivity contribution in [2.45, 2.75) is 31.3 Å². The van der Waals surface area contributed by atoms with Crippen molar-refractivity contribution in [1.82, 2.24) is 8.87 Å². The molecule has 0 atom stereocenters. The Balaban J connectivity index is 1.95. The van der Waals surface area contributed by atoms with Gasteiger partial charge in [-0.15, -0.1) is 0 Å². The van der Waals surface area contributed by atoms with Crippen molar-refractivity contribution in [2.24, 2.45) is 4.99 Å². The number of benzene rings is 2. The van der Waals surface area contributed by atoms with Crippen molar-refractivity contribution in [3.63, 3.8) is 0 Å². The molecule has 1 aromatic heterocycles.